The number of amides is 1. The summed E-state index contributed by atoms with van der Waals surface area (Å²) < 4.78 is 85.5. The van der Waals surface area contributed by atoms with Gasteiger partial charge in [-0.25, -0.2) is 0 Å². The Hall–Kier alpha value is -3.85. The van der Waals surface area contributed by atoms with Crippen molar-refractivity contribution in [2.24, 2.45) is 0 Å². The van der Waals surface area contributed by atoms with E-state index in [9.17, 15) is 31.1 Å². The molecular formula is C34H24BrClF6NO2P. The summed E-state index contributed by atoms with van der Waals surface area (Å²) in [5.74, 6) is -2.17. The monoisotopic (exact) mass is 737 g/mol. The van der Waals surface area contributed by atoms with E-state index < -0.39 is 31.1 Å². The Balaban J connectivity index is 0.00000480. The summed E-state index contributed by atoms with van der Waals surface area (Å²) in [6, 6.07) is 35.1. The highest BCUT2D eigenvalue weighted by molar-refractivity contribution is 7.95. The molecule has 0 saturated heterocycles. The largest absolute Gasteiger partial charge is 1.00 e. The van der Waals surface area contributed by atoms with E-state index in [1.165, 1.54) is 6.07 Å². The van der Waals surface area contributed by atoms with Crippen molar-refractivity contribution < 1.29 is 52.9 Å². The number of carbonyl (C=O) groups is 1. The summed E-state index contributed by atoms with van der Waals surface area (Å²) in [7, 11) is -2.69. The Labute approximate surface area is 277 Å². The Morgan fingerprint density at radius 1 is 0.696 bits per heavy atom. The molecule has 0 unspecified atom stereocenters. The third-order valence-electron chi connectivity index (χ3n) is 7.07. The zero-order valence-electron chi connectivity index (χ0n) is 23.6. The van der Waals surface area contributed by atoms with Crippen LogP contribution in [0.25, 0.3) is 0 Å². The molecule has 0 radical (unpaired) electrons. The molecule has 0 aromatic heterocycles. The van der Waals surface area contributed by atoms with E-state index in [0.717, 1.165) is 46.2 Å². The molecule has 46 heavy (non-hydrogen) atoms. The van der Waals surface area contributed by atoms with Crippen LogP contribution in [-0.2, 0) is 17.1 Å². The van der Waals surface area contributed by atoms with Crippen molar-refractivity contribution >= 4 is 46.4 Å². The molecule has 0 aliphatic rings. The molecule has 5 rings (SSSR count). The van der Waals surface area contributed by atoms with Crippen LogP contribution < -0.4 is 42.9 Å². The van der Waals surface area contributed by atoms with Gasteiger partial charge in [0.15, 0.2) is 0 Å². The average Bonchev–Trinajstić information content (AvgIpc) is 3.02. The van der Waals surface area contributed by atoms with Crippen molar-refractivity contribution in [2.45, 2.75) is 18.5 Å². The van der Waals surface area contributed by atoms with Crippen LogP contribution in [0.15, 0.2) is 127 Å². The second kappa shape index (κ2) is 14.3. The predicted molar refractivity (Wildman–Crippen MR) is 167 cm³/mol. The van der Waals surface area contributed by atoms with Crippen molar-refractivity contribution in [3.05, 3.63) is 144 Å². The molecule has 12 heteroatoms. The van der Waals surface area contributed by atoms with Crippen LogP contribution in [-0.4, -0.2) is 12.1 Å². The van der Waals surface area contributed by atoms with Gasteiger partial charge in [0.05, 0.1) is 10.6 Å². The van der Waals surface area contributed by atoms with Gasteiger partial charge in [0, 0.05) is 11.3 Å². The van der Waals surface area contributed by atoms with Gasteiger partial charge in [-0.3, -0.25) is 4.79 Å². The first-order chi connectivity index (χ1) is 21.4. The lowest BCUT2D eigenvalue weighted by atomic mass is 10.1. The minimum Gasteiger partial charge on any atom is -1.00 e. The van der Waals surface area contributed by atoms with E-state index in [1.54, 1.807) is 0 Å². The first-order valence-electron chi connectivity index (χ1n) is 13.5. The fourth-order valence-corrected chi connectivity index (χ4v) is 9.44. The van der Waals surface area contributed by atoms with Gasteiger partial charge in [0.2, 0.25) is 0 Å². The zero-order chi connectivity index (χ0) is 32.2. The summed E-state index contributed by atoms with van der Waals surface area (Å²) in [4.78, 5) is 12.2. The molecule has 5 aromatic rings. The van der Waals surface area contributed by atoms with E-state index in [2.05, 4.69) is 0 Å². The van der Waals surface area contributed by atoms with Gasteiger partial charge in [-0.05, 0) is 72.8 Å². The molecule has 0 fully saturated rings. The van der Waals surface area contributed by atoms with Crippen molar-refractivity contribution in [1.82, 2.24) is 0 Å². The van der Waals surface area contributed by atoms with E-state index in [1.807, 2.05) is 96.3 Å². The van der Waals surface area contributed by atoms with Crippen molar-refractivity contribution in [1.29, 1.82) is 0 Å². The van der Waals surface area contributed by atoms with Crippen LogP contribution in [0.1, 0.15) is 11.1 Å². The number of carbonyl (C=O) groups excluding carboxylic acids is 1. The molecule has 3 nitrogen and oxygen atoms in total. The van der Waals surface area contributed by atoms with Crippen molar-refractivity contribution in [3.63, 3.8) is 0 Å². The highest BCUT2D eigenvalue weighted by Crippen LogP contribution is 2.59. The SMILES string of the molecule is O=C(Nc1cc(Cl)c(Oc2ccc(C(F)(F)F)cc2)cc1C[P+](c1ccccc1)(c1ccccc1)c1ccccc1)C(F)(F)F.[Br-]. The quantitative estimate of drug-likeness (QED) is 0.153. The summed E-state index contributed by atoms with van der Waals surface area (Å²) in [6.07, 6.45) is -9.59. The molecule has 1 N–H and O–H groups in total. The fourth-order valence-electron chi connectivity index (χ4n) is 4.98. The van der Waals surface area contributed by atoms with Crippen LogP contribution in [0.4, 0.5) is 32.0 Å². The highest BCUT2D eigenvalue weighted by Gasteiger charge is 2.47. The smallest absolute Gasteiger partial charge is 0.471 e. The topological polar surface area (TPSA) is 38.3 Å². The molecule has 0 spiro atoms. The third kappa shape index (κ3) is 7.74. The molecule has 0 aliphatic carbocycles. The Morgan fingerprint density at radius 2 is 1.15 bits per heavy atom. The van der Waals surface area contributed by atoms with Gasteiger partial charge in [-0.2, -0.15) is 26.3 Å². The molecule has 0 atom stereocenters. The molecule has 0 heterocycles. The number of benzene rings is 5. The number of nitrogens with one attached hydrogen (secondary N) is 1. The zero-order valence-corrected chi connectivity index (χ0v) is 26.9. The molecule has 238 valence electrons. The van der Waals surface area contributed by atoms with E-state index in [-0.39, 0.29) is 50.9 Å². The summed E-state index contributed by atoms with van der Waals surface area (Å²) >= 11 is 6.45. The van der Waals surface area contributed by atoms with Gasteiger partial charge >= 0.3 is 18.3 Å². The molecule has 0 saturated carbocycles. The van der Waals surface area contributed by atoms with Gasteiger partial charge in [0.25, 0.3) is 0 Å². The van der Waals surface area contributed by atoms with Crippen molar-refractivity contribution in [3.8, 4) is 11.5 Å². The number of halogens is 8. The lowest BCUT2D eigenvalue weighted by Crippen LogP contribution is -3.00. The van der Waals surface area contributed by atoms with Gasteiger partial charge < -0.3 is 27.0 Å². The second-order valence-corrected chi connectivity index (χ2v) is 13.9. The number of rotatable bonds is 8. The highest BCUT2D eigenvalue weighted by atomic mass is 79.9. The van der Waals surface area contributed by atoms with Crippen molar-refractivity contribution in [2.75, 3.05) is 5.32 Å². The van der Waals surface area contributed by atoms with E-state index in [0.29, 0.717) is 0 Å². The fraction of sp³-hybridized carbons (Fsp3) is 0.0882. The van der Waals surface area contributed by atoms with E-state index >= 15 is 0 Å². The van der Waals surface area contributed by atoms with Crippen LogP contribution in [0.5, 0.6) is 11.5 Å². The average molecular weight is 739 g/mol. The second-order valence-electron chi connectivity index (χ2n) is 9.99. The first-order valence-corrected chi connectivity index (χ1v) is 15.8. The normalized spacial score (nSPS) is 11.8. The molecule has 0 aliphatic heterocycles. The summed E-state index contributed by atoms with van der Waals surface area (Å²) in [5.41, 5.74) is -0.770. The standard InChI is InChI=1S/C34H23ClF6NO2P.BrH/c35-29-21-30(42-32(43)34(39,40)41)23(20-31(29)44-25-18-16-24(17-19-25)33(36,37)38)22-45(26-10-4-1-5-11-26,27-12-6-2-7-13-27)28-14-8-3-9-15-28;/h1-21H,22H2;1H. The van der Waals surface area contributed by atoms with Crippen LogP contribution in [0, 0.1) is 0 Å². The number of anilines is 1. The summed E-state index contributed by atoms with van der Waals surface area (Å²) in [6.45, 7) is 0. The van der Waals surface area contributed by atoms with Crippen LogP contribution >= 0.6 is 18.9 Å². The minimum absolute atomic E-state index is 0. The molecular weight excluding hydrogens is 715 g/mol. The molecule has 1 amide bonds. The predicted octanol–water partition coefficient (Wildman–Crippen LogP) is 6.15. The first kappa shape index (κ1) is 35.0. The maximum absolute atomic E-state index is 13.4. The Morgan fingerprint density at radius 3 is 1.57 bits per heavy atom. The Kier molecular flexibility index (Phi) is 10.9. The number of hydrogen-bond acceptors (Lipinski definition) is 2. The summed E-state index contributed by atoms with van der Waals surface area (Å²) in [5, 5.41) is 4.60. The van der Waals surface area contributed by atoms with Crippen LogP contribution in [0.2, 0.25) is 5.02 Å². The number of hydrogen-bond donors (Lipinski definition) is 1. The maximum Gasteiger partial charge on any atom is 0.471 e. The van der Waals surface area contributed by atoms with Gasteiger partial charge in [0.1, 0.15) is 40.8 Å². The minimum atomic E-state index is -5.18. The number of alkyl halides is 6. The van der Waals surface area contributed by atoms with Gasteiger partial charge in [-0.1, -0.05) is 66.2 Å². The lowest BCUT2D eigenvalue weighted by molar-refractivity contribution is -0.167. The number of ether oxygens (including phenoxy) is 1. The lowest BCUT2D eigenvalue weighted by Gasteiger charge is -2.29. The Bertz CT molecular complexity index is 1680. The van der Waals surface area contributed by atoms with Gasteiger partial charge in [-0.15, -0.1) is 0 Å². The van der Waals surface area contributed by atoms with E-state index in [4.69, 9.17) is 16.3 Å². The van der Waals surface area contributed by atoms with Crippen LogP contribution in [0.3, 0.4) is 0 Å². The third-order valence-corrected chi connectivity index (χ3v) is 11.7. The molecule has 5 aromatic carbocycles. The maximum atomic E-state index is 13.4. The molecule has 0 bridgehead atoms.